The molecular formula is C19H22FN5O3. The van der Waals surface area contributed by atoms with Gasteiger partial charge in [0.2, 0.25) is 5.91 Å². The molecule has 9 heteroatoms. The van der Waals surface area contributed by atoms with Gasteiger partial charge in [0, 0.05) is 45.2 Å². The van der Waals surface area contributed by atoms with Crippen LogP contribution in [-0.4, -0.2) is 69.4 Å². The van der Waals surface area contributed by atoms with Crippen LogP contribution in [0.3, 0.4) is 0 Å². The molecule has 0 saturated carbocycles. The van der Waals surface area contributed by atoms with Crippen LogP contribution in [0.15, 0.2) is 24.4 Å². The Balaban J connectivity index is 1.64. The summed E-state index contributed by atoms with van der Waals surface area (Å²) in [5.74, 6) is -0.377. The van der Waals surface area contributed by atoms with Crippen LogP contribution in [0, 0.1) is 5.82 Å². The van der Waals surface area contributed by atoms with E-state index in [1.165, 1.54) is 18.2 Å². The monoisotopic (exact) mass is 387 g/mol. The first-order valence-electron chi connectivity index (χ1n) is 9.48. The molecule has 1 aromatic heterocycles. The normalized spacial score (nSPS) is 18.6. The van der Waals surface area contributed by atoms with E-state index in [0.29, 0.717) is 57.7 Å². The first-order chi connectivity index (χ1) is 13.6. The van der Waals surface area contributed by atoms with E-state index in [-0.39, 0.29) is 24.0 Å². The molecule has 2 aromatic rings. The van der Waals surface area contributed by atoms with E-state index in [2.05, 4.69) is 10.3 Å². The fourth-order valence-electron chi connectivity index (χ4n) is 3.54. The predicted octanol–water partition coefficient (Wildman–Crippen LogP) is 1.12. The molecule has 0 unspecified atom stereocenters. The van der Waals surface area contributed by atoms with Crippen molar-refractivity contribution in [1.82, 2.24) is 24.8 Å². The average Bonchev–Trinajstić information content (AvgIpc) is 2.99. The summed E-state index contributed by atoms with van der Waals surface area (Å²) in [6.07, 6.45) is 3.36. The number of rotatable bonds is 0. The minimum Gasteiger partial charge on any atom is -0.491 e. The van der Waals surface area contributed by atoms with Gasteiger partial charge in [-0.2, -0.15) is 0 Å². The molecule has 4 rings (SSSR count). The first-order valence-corrected chi connectivity index (χ1v) is 9.48. The largest absolute Gasteiger partial charge is 0.491 e. The van der Waals surface area contributed by atoms with E-state index in [4.69, 9.17) is 4.74 Å². The maximum Gasteiger partial charge on any atom is 0.257 e. The van der Waals surface area contributed by atoms with Gasteiger partial charge in [-0.15, -0.1) is 5.10 Å². The van der Waals surface area contributed by atoms with Crippen molar-refractivity contribution in [2.75, 3.05) is 32.8 Å². The van der Waals surface area contributed by atoms with Gasteiger partial charge >= 0.3 is 0 Å². The standard InChI is InChI=1S/C19H22FN5O3/c20-14-2-4-17-16(12-14)19(27)24-7-1-6-23(8-9-24)18(26)5-3-15-13-25(22-21-15)10-11-28-17/h2,4,12-13H,1,3,5-11H2. The number of amides is 2. The Morgan fingerprint density at radius 2 is 1.82 bits per heavy atom. The maximum atomic E-state index is 13.8. The highest BCUT2D eigenvalue weighted by atomic mass is 19.1. The van der Waals surface area contributed by atoms with Gasteiger partial charge in [0.15, 0.2) is 0 Å². The molecule has 148 valence electrons. The van der Waals surface area contributed by atoms with Crippen molar-refractivity contribution < 1.29 is 18.7 Å². The molecule has 1 saturated heterocycles. The Hall–Kier alpha value is -2.97. The van der Waals surface area contributed by atoms with Gasteiger partial charge in [-0.25, -0.2) is 9.07 Å². The second kappa shape index (κ2) is 7.95. The van der Waals surface area contributed by atoms with Crippen molar-refractivity contribution in [2.24, 2.45) is 0 Å². The number of benzene rings is 1. The highest BCUT2D eigenvalue weighted by Gasteiger charge is 2.25. The van der Waals surface area contributed by atoms with Crippen molar-refractivity contribution in [3.05, 3.63) is 41.5 Å². The third kappa shape index (κ3) is 3.97. The molecule has 28 heavy (non-hydrogen) atoms. The minimum absolute atomic E-state index is 0.0470. The Morgan fingerprint density at radius 1 is 1.00 bits per heavy atom. The van der Waals surface area contributed by atoms with Crippen LogP contribution in [-0.2, 0) is 17.8 Å². The zero-order valence-corrected chi connectivity index (χ0v) is 15.5. The second-order valence-electron chi connectivity index (χ2n) is 6.99. The lowest BCUT2D eigenvalue weighted by Gasteiger charge is -2.23. The first kappa shape index (κ1) is 18.4. The number of fused-ring (bicyclic) bond motifs is 6. The number of hydrogen-bond acceptors (Lipinski definition) is 5. The van der Waals surface area contributed by atoms with E-state index in [1.807, 2.05) is 0 Å². The number of halogens is 1. The third-order valence-corrected chi connectivity index (χ3v) is 5.07. The molecule has 0 atom stereocenters. The lowest BCUT2D eigenvalue weighted by atomic mass is 10.1. The maximum absolute atomic E-state index is 13.8. The molecule has 2 amide bonds. The molecule has 0 N–H and O–H groups in total. The SMILES string of the molecule is O=C1CCc2cn(nn2)CCOc2ccc(F)cc2C(=O)N2CCCN1CC2. The number of aromatic nitrogens is 3. The molecule has 4 bridgehead atoms. The molecular weight excluding hydrogens is 365 g/mol. The zero-order valence-electron chi connectivity index (χ0n) is 15.5. The predicted molar refractivity (Wildman–Crippen MR) is 97.3 cm³/mol. The summed E-state index contributed by atoms with van der Waals surface area (Å²) >= 11 is 0. The number of hydrogen-bond donors (Lipinski definition) is 0. The van der Waals surface area contributed by atoms with Crippen LogP contribution in [0.2, 0.25) is 0 Å². The van der Waals surface area contributed by atoms with Crippen molar-refractivity contribution in [1.29, 1.82) is 0 Å². The van der Waals surface area contributed by atoms with Crippen molar-refractivity contribution in [2.45, 2.75) is 25.8 Å². The third-order valence-electron chi connectivity index (χ3n) is 5.07. The van der Waals surface area contributed by atoms with Gasteiger partial charge in [0.1, 0.15) is 18.2 Å². The van der Waals surface area contributed by atoms with Crippen LogP contribution in [0.25, 0.3) is 0 Å². The zero-order chi connectivity index (χ0) is 19.5. The van der Waals surface area contributed by atoms with Crippen LogP contribution in [0.4, 0.5) is 4.39 Å². The Morgan fingerprint density at radius 3 is 2.71 bits per heavy atom. The second-order valence-corrected chi connectivity index (χ2v) is 6.99. The Labute approximate surface area is 161 Å². The molecule has 8 nitrogen and oxygen atoms in total. The lowest BCUT2D eigenvalue weighted by Crippen LogP contribution is -2.37. The summed E-state index contributed by atoms with van der Waals surface area (Å²) in [7, 11) is 0. The van der Waals surface area contributed by atoms with Gasteiger partial charge < -0.3 is 14.5 Å². The van der Waals surface area contributed by atoms with Gasteiger partial charge in [-0.05, 0) is 24.6 Å². The van der Waals surface area contributed by atoms with E-state index in [1.54, 1.807) is 20.7 Å². The molecule has 2 aliphatic heterocycles. The van der Waals surface area contributed by atoms with Gasteiger partial charge in [-0.3, -0.25) is 9.59 Å². The molecule has 0 spiro atoms. The van der Waals surface area contributed by atoms with Crippen molar-refractivity contribution >= 4 is 11.8 Å². The summed E-state index contributed by atoms with van der Waals surface area (Å²) in [4.78, 5) is 29.0. The molecule has 1 aromatic carbocycles. The topological polar surface area (TPSA) is 80.6 Å². The van der Waals surface area contributed by atoms with E-state index in [0.717, 1.165) is 5.69 Å². The fraction of sp³-hybridized carbons (Fsp3) is 0.474. The van der Waals surface area contributed by atoms with Crippen molar-refractivity contribution in [3.63, 3.8) is 0 Å². The molecule has 0 aliphatic carbocycles. The van der Waals surface area contributed by atoms with Crippen molar-refractivity contribution in [3.8, 4) is 5.75 Å². The van der Waals surface area contributed by atoms with Crippen LogP contribution in [0.1, 0.15) is 28.9 Å². The smallest absolute Gasteiger partial charge is 0.257 e. The van der Waals surface area contributed by atoms with E-state index in [9.17, 15) is 14.0 Å². The Kier molecular flexibility index (Phi) is 5.23. The Bertz CT molecular complexity index is 884. The number of aryl methyl sites for hydroxylation is 1. The number of nitrogens with zero attached hydrogens (tertiary/aromatic N) is 5. The van der Waals surface area contributed by atoms with E-state index >= 15 is 0 Å². The van der Waals surface area contributed by atoms with Gasteiger partial charge in [0.25, 0.3) is 5.91 Å². The number of carbonyl (C=O) groups is 2. The molecule has 0 radical (unpaired) electrons. The van der Waals surface area contributed by atoms with Gasteiger partial charge in [-0.1, -0.05) is 5.21 Å². The van der Waals surface area contributed by atoms with Crippen LogP contribution < -0.4 is 4.74 Å². The van der Waals surface area contributed by atoms with Crippen LogP contribution >= 0.6 is 0 Å². The molecule has 2 aliphatic rings. The quantitative estimate of drug-likeness (QED) is 0.677. The number of ether oxygens (including phenoxy) is 1. The van der Waals surface area contributed by atoms with Crippen LogP contribution in [0.5, 0.6) is 5.75 Å². The fourth-order valence-corrected chi connectivity index (χ4v) is 3.54. The van der Waals surface area contributed by atoms with Gasteiger partial charge in [0.05, 0.1) is 17.8 Å². The summed E-state index contributed by atoms with van der Waals surface area (Å²) in [6.45, 7) is 2.69. The molecule has 3 heterocycles. The summed E-state index contributed by atoms with van der Waals surface area (Å²) in [6, 6.07) is 3.97. The summed E-state index contributed by atoms with van der Waals surface area (Å²) in [5.41, 5.74) is 0.959. The average molecular weight is 387 g/mol. The molecule has 1 fully saturated rings. The summed E-state index contributed by atoms with van der Waals surface area (Å²) in [5, 5.41) is 8.15. The minimum atomic E-state index is -0.488. The highest BCUT2D eigenvalue weighted by molar-refractivity contribution is 5.97. The number of carbonyl (C=O) groups excluding carboxylic acids is 2. The summed E-state index contributed by atoms with van der Waals surface area (Å²) < 4.78 is 21.2. The van der Waals surface area contributed by atoms with E-state index < -0.39 is 5.82 Å². The lowest BCUT2D eigenvalue weighted by molar-refractivity contribution is -0.131. The highest BCUT2D eigenvalue weighted by Crippen LogP contribution is 2.23.